The van der Waals surface area contributed by atoms with Crippen molar-refractivity contribution in [3.8, 4) is 5.75 Å². The molecule has 1 atom stereocenters. The summed E-state index contributed by atoms with van der Waals surface area (Å²) in [7, 11) is 0. The lowest BCUT2D eigenvalue weighted by Gasteiger charge is -2.33. The van der Waals surface area contributed by atoms with Crippen molar-refractivity contribution in [2.75, 3.05) is 13.2 Å². The Labute approximate surface area is 140 Å². The number of benzene rings is 1. The van der Waals surface area contributed by atoms with Crippen LogP contribution in [0.15, 0.2) is 36.9 Å². The number of aliphatic hydroxyl groups is 1. The summed E-state index contributed by atoms with van der Waals surface area (Å²) in [6, 6.07) is 8.58. The summed E-state index contributed by atoms with van der Waals surface area (Å²) < 4.78 is 5.71. The van der Waals surface area contributed by atoms with Crippen LogP contribution in [-0.4, -0.2) is 29.9 Å². The van der Waals surface area contributed by atoms with Crippen molar-refractivity contribution >= 4 is 0 Å². The monoisotopic (exact) mass is 317 g/mol. The number of para-hydroxylation sites is 1. The summed E-state index contributed by atoms with van der Waals surface area (Å²) in [5.74, 6) is 0.950. The maximum atomic E-state index is 10.6. The molecule has 0 radical (unpaired) electrons. The highest BCUT2D eigenvalue weighted by molar-refractivity contribution is 5.33. The van der Waals surface area contributed by atoms with Gasteiger partial charge in [-0.2, -0.15) is 0 Å². The van der Waals surface area contributed by atoms with Gasteiger partial charge in [-0.3, -0.25) is 0 Å². The molecular weight excluding hydrogens is 286 g/mol. The molecule has 1 aliphatic carbocycles. The predicted octanol–water partition coefficient (Wildman–Crippen LogP) is 3.86. The molecule has 2 rings (SSSR count). The first-order chi connectivity index (χ1) is 11.1. The van der Waals surface area contributed by atoms with Gasteiger partial charge in [-0.1, -0.05) is 50.1 Å². The van der Waals surface area contributed by atoms with Gasteiger partial charge in [0.2, 0.25) is 0 Å². The first kappa shape index (κ1) is 18.0. The van der Waals surface area contributed by atoms with E-state index in [1.54, 1.807) is 6.08 Å². The molecule has 1 saturated carbocycles. The third-order valence-corrected chi connectivity index (χ3v) is 4.74. The molecular formula is C20H31NO2. The highest BCUT2D eigenvalue weighted by Crippen LogP contribution is 2.27. The second kappa shape index (κ2) is 9.09. The Hall–Kier alpha value is -1.32. The van der Waals surface area contributed by atoms with Crippen LogP contribution in [0.1, 0.15) is 51.0 Å². The van der Waals surface area contributed by atoms with Gasteiger partial charge in [0.05, 0.1) is 5.60 Å². The molecule has 1 aromatic rings. The minimum absolute atomic E-state index is 0.383. The molecule has 0 aliphatic heterocycles. The topological polar surface area (TPSA) is 41.5 Å². The van der Waals surface area contributed by atoms with E-state index in [2.05, 4.69) is 31.0 Å². The maximum Gasteiger partial charge on any atom is 0.122 e. The molecule has 0 aromatic heterocycles. The van der Waals surface area contributed by atoms with Gasteiger partial charge < -0.3 is 15.2 Å². The average Bonchev–Trinajstić information content (AvgIpc) is 2.58. The summed E-state index contributed by atoms with van der Waals surface area (Å²) in [5, 5.41) is 14.1. The molecule has 0 spiro atoms. The van der Waals surface area contributed by atoms with E-state index < -0.39 is 5.60 Å². The fourth-order valence-electron chi connectivity index (χ4n) is 3.22. The molecule has 0 saturated heterocycles. The lowest BCUT2D eigenvalue weighted by molar-refractivity contribution is 0.00287. The molecule has 3 nitrogen and oxygen atoms in total. The number of ether oxygens (including phenoxy) is 1. The SMILES string of the molecule is C=CCOc1ccccc1CCC(C)NCC1(O)CCCCC1. The van der Waals surface area contributed by atoms with Gasteiger partial charge in [0.25, 0.3) is 0 Å². The van der Waals surface area contributed by atoms with Crippen LogP contribution in [-0.2, 0) is 6.42 Å². The zero-order valence-electron chi connectivity index (χ0n) is 14.4. The molecule has 0 amide bonds. The highest BCUT2D eigenvalue weighted by Gasteiger charge is 2.28. The van der Waals surface area contributed by atoms with Crippen LogP contribution in [0.3, 0.4) is 0 Å². The van der Waals surface area contributed by atoms with Crippen molar-refractivity contribution in [2.24, 2.45) is 0 Å². The minimum Gasteiger partial charge on any atom is -0.489 e. The zero-order chi connectivity index (χ0) is 16.5. The van der Waals surface area contributed by atoms with Crippen LogP contribution in [0.25, 0.3) is 0 Å². The van der Waals surface area contributed by atoms with Crippen LogP contribution < -0.4 is 10.1 Å². The smallest absolute Gasteiger partial charge is 0.122 e. The van der Waals surface area contributed by atoms with Crippen molar-refractivity contribution < 1.29 is 9.84 Å². The average molecular weight is 317 g/mol. The Morgan fingerprint density at radius 3 is 2.78 bits per heavy atom. The quantitative estimate of drug-likeness (QED) is 0.680. The zero-order valence-corrected chi connectivity index (χ0v) is 14.4. The Balaban J connectivity index is 1.77. The molecule has 1 aromatic carbocycles. The van der Waals surface area contributed by atoms with Gasteiger partial charge in [-0.25, -0.2) is 0 Å². The lowest BCUT2D eigenvalue weighted by Crippen LogP contribution is -2.45. The van der Waals surface area contributed by atoms with Gasteiger partial charge in [-0.15, -0.1) is 0 Å². The summed E-state index contributed by atoms with van der Waals surface area (Å²) in [6.07, 6.45) is 9.21. The van der Waals surface area contributed by atoms with Crippen molar-refractivity contribution in [1.82, 2.24) is 5.32 Å². The number of nitrogens with one attached hydrogen (secondary N) is 1. The maximum absolute atomic E-state index is 10.6. The van der Waals surface area contributed by atoms with Crippen molar-refractivity contribution in [3.63, 3.8) is 0 Å². The molecule has 2 N–H and O–H groups in total. The minimum atomic E-state index is -0.489. The van der Waals surface area contributed by atoms with E-state index in [0.29, 0.717) is 19.2 Å². The van der Waals surface area contributed by atoms with Crippen LogP contribution in [0.4, 0.5) is 0 Å². The normalized spacial score (nSPS) is 18.3. The molecule has 1 aliphatic rings. The summed E-state index contributed by atoms with van der Waals surface area (Å²) in [6.45, 7) is 7.14. The van der Waals surface area contributed by atoms with Crippen molar-refractivity contribution in [3.05, 3.63) is 42.5 Å². The molecule has 3 heteroatoms. The first-order valence-electron chi connectivity index (χ1n) is 8.90. The molecule has 128 valence electrons. The van der Waals surface area contributed by atoms with E-state index in [1.807, 2.05) is 12.1 Å². The van der Waals surface area contributed by atoms with E-state index in [9.17, 15) is 5.11 Å². The Bertz CT molecular complexity index is 480. The second-order valence-corrected chi connectivity index (χ2v) is 6.81. The molecule has 0 bridgehead atoms. The molecule has 1 unspecified atom stereocenters. The summed E-state index contributed by atoms with van der Waals surface area (Å²) >= 11 is 0. The number of aryl methyl sites for hydroxylation is 1. The predicted molar refractivity (Wildman–Crippen MR) is 96.0 cm³/mol. The van der Waals surface area contributed by atoms with Gasteiger partial charge in [0.1, 0.15) is 12.4 Å². The Kier molecular flexibility index (Phi) is 7.13. The fraction of sp³-hybridized carbons (Fsp3) is 0.600. The Morgan fingerprint density at radius 2 is 2.04 bits per heavy atom. The van der Waals surface area contributed by atoms with E-state index in [1.165, 1.54) is 12.0 Å². The van der Waals surface area contributed by atoms with Gasteiger partial charge >= 0.3 is 0 Å². The van der Waals surface area contributed by atoms with E-state index in [4.69, 9.17) is 4.74 Å². The Morgan fingerprint density at radius 1 is 1.30 bits per heavy atom. The molecule has 1 fully saturated rings. The van der Waals surface area contributed by atoms with E-state index in [-0.39, 0.29) is 0 Å². The number of rotatable bonds is 9. The van der Waals surface area contributed by atoms with E-state index >= 15 is 0 Å². The molecule has 0 heterocycles. The van der Waals surface area contributed by atoms with E-state index in [0.717, 1.165) is 44.3 Å². The van der Waals surface area contributed by atoms with Crippen molar-refractivity contribution in [2.45, 2.75) is 63.5 Å². The highest BCUT2D eigenvalue weighted by atomic mass is 16.5. The summed E-state index contributed by atoms with van der Waals surface area (Å²) in [4.78, 5) is 0. The number of hydrogen-bond acceptors (Lipinski definition) is 3. The lowest BCUT2D eigenvalue weighted by atomic mass is 9.84. The van der Waals surface area contributed by atoms with Crippen LogP contribution in [0.2, 0.25) is 0 Å². The van der Waals surface area contributed by atoms with Crippen LogP contribution >= 0.6 is 0 Å². The fourth-order valence-corrected chi connectivity index (χ4v) is 3.22. The van der Waals surface area contributed by atoms with Crippen molar-refractivity contribution in [1.29, 1.82) is 0 Å². The second-order valence-electron chi connectivity index (χ2n) is 6.81. The third kappa shape index (κ3) is 6.00. The number of hydrogen-bond donors (Lipinski definition) is 2. The largest absolute Gasteiger partial charge is 0.489 e. The van der Waals surface area contributed by atoms with Crippen LogP contribution in [0, 0.1) is 0 Å². The third-order valence-electron chi connectivity index (χ3n) is 4.74. The van der Waals surface area contributed by atoms with Crippen LogP contribution in [0.5, 0.6) is 5.75 Å². The molecule has 23 heavy (non-hydrogen) atoms. The first-order valence-corrected chi connectivity index (χ1v) is 8.90. The van der Waals surface area contributed by atoms with Gasteiger partial charge in [0, 0.05) is 12.6 Å². The van der Waals surface area contributed by atoms with Gasteiger partial charge in [-0.05, 0) is 44.2 Å². The van der Waals surface area contributed by atoms with Gasteiger partial charge in [0.15, 0.2) is 0 Å². The standard InChI is InChI=1S/C20H31NO2/c1-3-15-23-19-10-6-5-9-18(19)12-11-17(2)21-16-20(22)13-7-4-8-14-20/h3,5-6,9-10,17,21-22H,1,4,7-8,11-16H2,2H3. The summed E-state index contributed by atoms with van der Waals surface area (Å²) in [5.41, 5.74) is 0.747.